The number of carbonyl (C=O) groups excluding carboxylic acids is 1. The lowest BCUT2D eigenvalue weighted by Gasteiger charge is -2.22. The lowest BCUT2D eigenvalue weighted by atomic mass is 10.1. The van der Waals surface area contributed by atoms with Gasteiger partial charge in [0.2, 0.25) is 5.91 Å². The van der Waals surface area contributed by atoms with Crippen molar-refractivity contribution in [2.24, 2.45) is 0 Å². The summed E-state index contributed by atoms with van der Waals surface area (Å²) in [4.78, 5) is 31.7. The van der Waals surface area contributed by atoms with Crippen LogP contribution in [0.3, 0.4) is 0 Å². The van der Waals surface area contributed by atoms with E-state index in [1.807, 2.05) is 31.2 Å². The maximum atomic E-state index is 12.5. The summed E-state index contributed by atoms with van der Waals surface area (Å²) in [7, 11) is -4.51. The summed E-state index contributed by atoms with van der Waals surface area (Å²) in [6, 6.07) is 7.86. The summed E-state index contributed by atoms with van der Waals surface area (Å²) in [5.74, 6) is 0.782. The molecule has 1 rings (SSSR count). The summed E-state index contributed by atoms with van der Waals surface area (Å²) >= 11 is 0. The molecule has 0 spiro atoms. The molecule has 0 aliphatic heterocycles. The van der Waals surface area contributed by atoms with Crippen LogP contribution in [0.1, 0.15) is 83.6 Å². The first-order valence-electron chi connectivity index (χ1n) is 12.0. The molecule has 9 heteroatoms. The highest BCUT2D eigenvalue weighted by Crippen LogP contribution is 2.35. The Labute approximate surface area is 199 Å². The number of hydrogen-bond donors (Lipinski definition) is 3. The fourth-order valence-electron chi connectivity index (χ4n) is 3.53. The van der Waals surface area contributed by atoms with Gasteiger partial charge in [-0.1, -0.05) is 70.9 Å². The molecule has 0 saturated carbocycles. The number of phosphoric ester groups is 1. The van der Waals surface area contributed by atoms with Crippen LogP contribution in [0.15, 0.2) is 24.3 Å². The van der Waals surface area contributed by atoms with Gasteiger partial charge < -0.3 is 25.6 Å². The van der Waals surface area contributed by atoms with Gasteiger partial charge >= 0.3 is 7.82 Å². The number of hydrogen-bond acceptors (Lipinski definition) is 5. The van der Waals surface area contributed by atoms with Gasteiger partial charge in [0, 0.05) is 19.5 Å². The van der Waals surface area contributed by atoms with E-state index in [1.54, 1.807) is 4.90 Å². The fourth-order valence-corrected chi connectivity index (χ4v) is 3.85. The Balaban J connectivity index is 0.0000102. The molecule has 0 saturated heterocycles. The molecule has 5 N–H and O–H groups in total. The second kappa shape index (κ2) is 18.9. The zero-order chi connectivity index (χ0) is 23.7. The lowest BCUT2D eigenvalue weighted by molar-refractivity contribution is -0.131. The maximum absolute atomic E-state index is 12.5. The third kappa shape index (κ3) is 16.8. The number of nitrogens with zero attached hydrogens (tertiary/aromatic N) is 1. The molecule has 1 amide bonds. The van der Waals surface area contributed by atoms with Crippen LogP contribution in [0.4, 0.5) is 0 Å². The van der Waals surface area contributed by atoms with E-state index in [2.05, 4.69) is 11.4 Å². The average Bonchev–Trinajstić information content (AvgIpc) is 2.75. The van der Waals surface area contributed by atoms with E-state index in [-0.39, 0.29) is 25.2 Å². The molecule has 0 aromatic heterocycles. The smallest absolute Gasteiger partial charge is 0.469 e. The molecule has 0 bridgehead atoms. The summed E-state index contributed by atoms with van der Waals surface area (Å²) in [6.45, 7) is 5.42. The van der Waals surface area contributed by atoms with E-state index in [1.165, 1.54) is 44.9 Å². The first kappa shape index (κ1) is 31.6. The van der Waals surface area contributed by atoms with E-state index in [0.717, 1.165) is 24.2 Å². The molecule has 0 atom stereocenters. The van der Waals surface area contributed by atoms with Crippen LogP contribution in [-0.2, 0) is 20.3 Å². The van der Waals surface area contributed by atoms with Gasteiger partial charge in [0.1, 0.15) is 5.75 Å². The quantitative estimate of drug-likeness (QED) is 0.169. The van der Waals surface area contributed by atoms with E-state index >= 15 is 0 Å². The number of unbranched alkanes of at least 4 members (excludes halogenated alkanes) is 7. The molecule has 0 aliphatic carbocycles. The topological polar surface area (TPSA) is 131 Å². The van der Waals surface area contributed by atoms with Crippen molar-refractivity contribution in [2.45, 2.75) is 84.5 Å². The summed E-state index contributed by atoms with van der Waals surface area (Å²) in [5, 5.41) is 0. The van der Waals surface area contributed by atoms with Gasteiger partial charge in [0.05, 0.1) is 13.2 Å². The molecular weight excluding hydrogens is 443 g/mol. The number of carbonyl (C=O) groups is 1. The van der Waals surface area contributed by atoms with E-state index < -0.39 is 7.82 Å². The molecule has 0 aliphatic rings. The number of benzene rings is 1. The monoisotopic (exact) mass is 488 g/mol. The minimum absolute atomic E-state index is 0. The van der Waals surface area contributed by atoms with Crippen molar-refractivity contribution < 1.29 is 28.4 Å². The molecule has 0 fully saturated rings. The normalized spacial score (nSPS) is 11.2. The Morgan fingerprint density at radius 2 is 1.61 bits per heavy atom. The first-order valence-corrected chi connectivity index (χ1v) is 13.6. The molecule has 8 nitrogen and oxygen atoms in total. The molecule has 33 heavy (non-hydrogen) atoms. The van der Waals surface area contributed by atoms with Crippen molar-refractivity contribution in [2.75, 3.05) is 26.3 Å². The Morgan fingerprint density at radius 3 is 2.24 bits per heavy atom. The Morgan fingerprint density at radius 1 is 0.939 bits per heavy atom. The van der Waals surface area contributed by atoms with Gasteiger partial charge in [0.25, 0.3) is 0 Å². The standard InChI is InChI=1S/C24H42NO6P.H3N/c1-3-5-6-7-8-9-10-11-19-30-23-14-12-13-22(21-23)15-16-24(26)25(17-4-2)18-20-31-32(27,28)29;/h12-14,21H,3-11,15-20H2,1-2H3,(H2,27,28,29);1H3. The Hall–Kier alpha value is -1.44. The second-order valence-electron chi connectivity index (χ2n) is 8.18. The van der Waals surface area contributed by atoms with Gasteiger partial charge in [-0.3, -0.25) is 9.32 Å². The predicted molar refractivity (Wildman–Crippen MR) is 133 cm³/mol. The van der Waals surface area contributed by atoms with Crippen LogP contribution in [0.5, 0.6) is 5.75 Å². The van der Waals surface area contributed by atoms with E-state index in [4.69, 9.17) is 14.5 Å². The summed E-state index contributed by atoms with van der Waals surface area (Å²) < 4.78 is 21.2. The predicted octanol–water partition coefficient (Wildman–Crippen LogP) is 5.65. The van der Waals surface area contributed by atoms with Crippen molar-refractivity contribution >= 4 is 13.7 Å². The number of aryl methyl sites for hydroxylation is 1. The van der Waals surface area contributed by atoms with Crippen molar-refractivity contribution in [3.05, 3.63) is 29.8 Å². The highest BCUT2D eigenvalue weighted by molar-refractivity contribution is 7.46. The van der Waals surface area contributed by atoms with E-state index in [9.17, 15) is 9.36 Å². The zero-order valence-electron chi connectivity index (χ0n) is 20.5. The summed E-state index contributed by atoms with van der Waals surface area (Å²) in [6.07, 6.45) is 11.8. The Kier molecular flexibility index (Phi) is 18.1. The first-order chi connectivity index (χ1) is 15.4. The number of ether oxygens (including phenoxy) is 1. The number of rotatable bonds is 19. The van der Waals surface area contributed by atoms with Crippen LogP contribution in [-0.4, -0.2) is 46.9 Å². The van der Waals surface area contributed by atoms with Gasteiger partial charge in [-0.25, -0.2) is 4.57 Å². The lowest BCUT2D eigenvalue weighted by Crippen LogP contribution is -2.34. The Bertz CT molecular complexity index is 683. The number of amides is 1. The second-order valence-corrected chi connectivity index (χ2v) is 9.41. The molecule has 1 aromatic carbocycles. The van der Waals surface area contributed by atoms with Gasteiger partial charge in [-0.05, 0) is 37.0 Å². The van der Waals surface area contributed by atoms with E-state index in [0.29, 0.717) is 26.0 Å². The van der Waals surface area contributed by atoms with Gasteiger partial charge in [-0.2, -0.15) is 0 Å². The molecule has 0 unspecified atom stereocenters. The molecule has 1 aromatic rings. The van der Waals surface area contributed by atoms with Crippen molar-refractivity contribution in [1.29, 1.82) is 0 Å². The van der Waals surface area contributed by atoms with Crippen molar-refractivity contribution in [1.82, 2.24) is 11.1 Å². The van der Waals surface area contributed by atoms with Gasteiger partial charge in [0.15, 0.2) is 0 Å². The minimum atomic E-state index is -4.51. The van der Waals surface area contributed by atoms with Gasteiger partial charge in [-0.15, -0.1) is 0 Å². The van der Waals surface area contributed by atoms with Crippen LogP contribution in [0.2, 0.25) is 0 Å². The van der Waals surface area contributed by atoms with Crippen LogP contribution < -0.4 is 10.9 Å². The molecular formula is C24H45N2O6P. The maximum Gasteiger partial charge on any atom is 0.469 e. The molecule has 0 heterocycles. The van der Waals surface area contributed by atoms with Crippen LogP contribution in [0, 0.1) is 0 Å². The average molecular weight is 489 g/mol. The minimum Gasteiger partial charge on any atom is -0.494 e. The summed E-state index contributed by atoms with van der Waals surface area (Å²) in [5.41, 5.74) is 1.04. The van der Waals surface area contributed by atoms with Crippen molar-refractivity contribution in [3.63, 3.8) is 0 Å². The van der Waals surface area contributed by atoms with Crippen LogP contribution >= 0.6 is 7.82 Å². The highest BCUT2D eigenvalue weighted by Gasteiger charge is 2.17. The van der Waals surface area contributed by atoms with Crippen LogP contribution in [0.25, 0.3) is 0 Å². The molecule has 0 radical (unpaired) electrons. The number of phosphoric acid groups is 1. The van der Waals surface area contributed by atoms with Crippen molar-refractivity contribution in [3.8, 4) is 5.75 Å². The molecule has 192 valence electrons. The fraction of sp³-hybridized carbons (Fsp3) is 0.708. The SMILES string of the molecule is CCCCCCCCCCOc1cccc(CCC(=O)N(CCC)CCOP(=O)(O)O)c1.N. The largest absolute Gasteiger partial charge is 0.494 e. The third-order valence-electron chi connectivity index (χ3n) is 5.26. The zero-order valence-corrected chi connectivity index (χ0v) is 21.4. The third-order valence-corrected chi connectivity index (χ3v) is 5.78. The highest BCUT2D eigenvalue weighted by atomic mass is 31.2.